The van der Waals surface area contributed by atoms with Crippen molar-refractivity contribution in [3.05, 3.63) is 23.9 Å². The molecule has 1 aliphatic carbocycles. The van der Waals surface area contributed by atoms with Crippen LogP contribution in [0.15, 0.2) is 23.9 Å². The maximum atomic E-state index is 11.7. The molecule has 1 amide bonds. The van der Waals surface area contributed by atoms with Gasteiger partial charge in [-0.15, -0.1) is 0 Å². The van der Waals surface area contributed by atoms with E-state index in [0.29, 0.717) is 23.7 Å². The summed E-state index contributed by atoms with van der Waals surface area (Å²) in [4.78, 5) is 17.3. The lowest BCUT2D eigenvalue weighted by atomic mass is 9.73. The van der Waals surface area contributed by atoms with Crippen LogP contribution in [0, 0.1) is 23.7 Å². The molecule has 3 aliphatic rings. The molecule has 3 rings (SSSR count). The van der Waals surface area contributed by atoms with Crippen LogP contribution in [0.4, 0.5) is 4.79 Å². The van der Waals surface area contributed by atoms with Crippen LogP contribution in [0.25, 0.3) is 0 Å². The Morgan fingerprint density at radius 2 is 2.30 bits per heavy atom. The first-order chi connectivity index (χ1) is 9.49. The first-order valence-corrected chi connectivity index (χ1v) is 7.32. The Balaban J connectivity index is 2.01. The van der Waals surface area contributed by atoms with Crippen LogP contribution in [-0.2, 0) is 4.84 Å². The number of rotatable bonds is 1. The van der Waals surface area contributed by atoms with Gasteiger partial charge in [0.05, 0.1) is 5.70 Å². The zero-order valence-corrected chi connectivity index (χ0v) is 12.5. The van der Waals surface area contributed by atoms with Gasteiger partial charge in [0.1, 0.15) is 5.66 Å². The maximum Gasteiger partial charge on any atom is 0.431 e. The highest BCUT2D eigenvalue weighted by Crippen LogP contribution is 2.54. The summed E-state index contributed by atoms with van der Waals surface area (Å²) in [5.74, 6) is 1.86. The number of allylic oxidation sites excluding steroid dienone is 4. The molecule has 2 heterocycles. The summed E-state index contributed by atoms with van der Waals surface area (Å²) < 4.78 is 0. The molecule has 5 nitrogen and oxygen atoms in total. The monoisotopic (exact) mass is 277 g/mol. The molecule has 5 heteroatoms. The van der Waals surface area contributed by atoms with E-state index in [1.165, 1.54) is 0 Å². The molecule has 2 fully saturated rings. The molecule has 0 aromatic heterocycles. The van der Waals surface area contributed by atoms with Crippen LogP contribution < -0.4 is 10.6 Å². The quantitative estimate of drug-likeness (QED) is 0.768. The fraction of sp³-hybridized carbons (Fsp3) is 0.667. The zero-order valence-electron chi connectivity index (χ0n) is 12.5. The van der Waals surface area contributed by atoms with Gasteiger partial charge in [0.25, 0.3) is 0 Å². The molecular formula is C15H23N3O2. The predicted octanol–water partition coefficient (Wildman–Crippen LogP) is 1.85. The molecule has 110 valence electrons. The Bertz CT molecular complexity index is 488. The third-order valence-corrected chi connectivity index (χ3v) is 5.06. The molecule has 5 unspecified atom stereocenters. The van der Waals surface area contributed by atoms with E-state index in [1.807, 2.05) is 0 Å². The highest BCUT2D eigenvalue weighted by molar-refractivity contribution is 5.66. The number of hydrogen-bond acceptors (Lipinski definition) is 4. The number of hydrogen-bond donors (Lipinski definition) is 2. The Morgan fingerprint density at radius 3 is 3.00 bits per heavy atom. The standard InChI is InChI=1S/C15H23N3O2/c1-9-6-5-7-11-12(9)13-10(2)8-17-15(13,3)18(11)20-14(19)16-4/h5-7,9-10,12-13,17H,8H2,1-4H3,(H,16,19). The van der Waals surface area contributed by atoms with Crippen LogP contribution in [0.3, 0.4) is 0 Å². The first-order valence-electron chi connectivity index (χ1n) is 7.32. The molecule has 5 atom stereocenters. The van der Waals surface area contributed by atoms with Crippen LogP contribution >= 0.6 is 0 Å². The van der Waals surface area contributed by atoms with Crippen molar-refractivity contribution in [2.24, 2.45) is 23.7 Å². The largest absolute Gasteiger partial charge is 0.431 e. The summed E-state index contributed by atoms with van der Waals surface area (Å²) in [5, 5.41) is 7.88. The van der Waals surface area contributed by atoms with Gasteiger partial charge < -0.3 is 10.2 Å². The SMILES string of the molecule is CNC(=O)ON1C2=CC=CC(C)C2C2C(C)CNC21C. The lowest BCUT2D eigenvalue weighted by Crippen LogP contribution is -2.53. The number of nitrogens with one attached hydrogen (secondary N) is 2. The Kier molecular flexibility index (Phi) is 3.05. The van der Waals surface area contributed by atoms with Gasteiger partial charge in [0.15, 0.2) is 0 Å². The van der Waals surface area contributed by atoms with Crippen LogP contribution in [0.1, 0.15) is 20.8 Å². The summed E-state index contributed by atoms with van der Waals surface area (Å²) in [7, 11) is 1.58. The van der Waals surface area contributed by atoms with Gasteiger partial charge in [-0.05, 0) is 24.8 Å². The Labute approximate surface area is 120 Å². The molecule has 2 aliphatic heterocycles. The first kappa shape index (κ1) is 13.5. The minimum Gasteiger partial charge on any atom is -0.323 e. The van der Waals surface area contributed by atoms with Gasteiger partial charge in [-0.3, -0.25) is 5.32 Å². The van der Waals surface area contributed by atoms with Gasteiger partial charge in [-0.2, -0.15) is 5.06 Å². The molecule has 0 spiro atoms. The average Bonchev–Trinajstić information content (AvgIpc) is 2.85. The molecule has 0 aromatic carbocycles. The topological polar surface area (TPSA) is 53.6 Å². The second kappa shape index (κ2) is 4.52. The molecule has 2 N–H and O–H groups in total. The number of carbonyl (C=O) groups is 1. The van der Waals surface area contributed by atoms with Gasteiger partial charge in [0.2, 0.25) is 0 Å². The molecular weight excluding hydrogens is 254 g/mol. The van der Waals surface area contributed by atoms with E-state index >= 15 is 0 Å². The van der Waals surface area contributed by atoms with Crippen LogP contribution in [0.2, 0.25) is 0 Å². The van der Waals surface area contributed by atoms with Crippen LogP contribution in [0.5, 0.6) is 0 Å². The number of hydroxylamine groups is 2. The summed E-state index contributed by atoms with van der Waals surface area (Å²) in [5.41, 5.74) is 0.790. The third-order valence-electron chi connectivity index (χ3n) is 5.06. The van der Waals surface area contributed by atoms with E-state index in [-0.39, 0.29) is 5.66 Å². The maximum absolute atomic E-state index is 11.7. The summed E-state index contributed by atoms with van der Waals surface area (Å²) in [6.45, 7) is 7.60. The van der Waals surface area contributed by atoms with Crippen molar-refractivity contribution in [1.29, 1.82) is 0 Å². The Hall–Kier alpha value is -1.49. The lowest BCUT2D eigenvalue weighted by Gasteiger charge is -2.35. The van der Waals surface area contributed by atoms with E-state index in [2.05, 4.69) is 49.6 Å². The summed E-state index contributed by atoms with van der Waals surface area (Å²) >= 11 is 0. The smallest absolute Gasteiger partial charge is 0.323 e. The van der Waals surface area contributed by atoms with Crippen LogP contribution in [-0.4, -0.2) is 30.4 Å². The number of carbonyl (C=O) groups excluding carboxylic acids is 1. The van der Waals surface area contributed by atoms with Gasteiger partial charge in [0, 0.05) is 25.4 Å². The number of fused-ring (bicyclic) bond motifs is 3. The van der Waals surface area contributed by atoms with E-state index in [4.69, 9.17) is 4.84 Å². The van der Waals surface area contributed by atoms with Crippen molar-refractivity contribution in [2.75, 3.05) is 13.6 Å². The second-order valence-electron chi connectivity index (χ2n) is 6.32. The van der Waals surface area contributed by atoms with Crippen molar-refractivity contribution in [1.82, 2.24) is 15.7 Å². The highest BCUT2D eigenvalue weighted by atomic mass is 16.7. The minimum absolute atomic E-state index is 0.317. The average molecular weight is 277 g/mol. The molecule has 0 bridgehead atoms. The van der Waals surface area contributed by atoms with Crippen molar-refractivity contribution in [3.63, 3.8) is 0 Å². The second-order valence-corrected chi connectivity index (χ2v) is 6.32. The van der Waals surface area contributed by atoms with Gasteiger partial charge >= 0.3 is 6.09 Å². The molecule has 0 radical (unpaired) electrons. The molecule has 0 saturated carbocycles. The van der Waals surface area contributed by atoms with Gasteiger partial charge in [-0.25, -0.2) is 4.79 Å². The summed E-state index contributed by atoms with van der Waals surface area (Å²) in [6, 6.07) is 0. The van der Waals surface area contributed by atoms with Crippen molar-refractivity contribution < 1.29 is 9.63 Å². The van der Waals surface area contributed by atoms with E-state index in [9.17, 15) is 4.79 Å². The van der Waals surface area contributed by atoms with Crippen molar-refractivity contribution in [3.8, 4) is 0 Å². The highest BCUT2D eigenvalue weighted by Gasteiger charge is 2.61. The molecule has 20 heavy (non-hydrogen) atoms. The normalized spacial score (nSPS) is 42.0. The number of amides is 1. The van der Waals surface area contributed by atoms with Crippen molar-refractivity contribution >= 4 is 6.09 Å². The fourth-order valence-electron chi connectivity index (χ4n) is 4.17. The molecule has 2 saturated heterocycles. The van der Waals surface area contributed by atoms with Gasteiger partial charge in [-0.1, -0.05) is 26.0 Å². The van der Waals surface area contributed by atoms with E-state index < -0.39 is 6.09 Å². The minimum atomic E-state index is -0.421. The zero-order chi connectivity index (χ0) is 14.5. The lowest BCUT2D eigenvalue weighted by molar-refractivity contribution is -0.137. The Morgan fingerprint density at radius 1 is 1.55 bits per heavy atom. The fourth-order valence-corrected chi connectivity index (χ4v) is 4.17. The third kappa shape index (κ3) is 1.69. The van der Waals surface area contributed by atoms with Crippen molar-refractivity contribution in [2.45, 2.75) is 26.4 Å². The predicted molar refractivity (Wildman–Crippen MR) is 76.3 cm³/mol. The van der Waals surface area contributed by atoms with E-state index in [1.54, 1.807) is 12.1 Å². The molecule has 0 aromatic rings. The number of nitrogens with zero attached hydrogens (tertiary/aromatic N) is 1. The summed E-state index contributed by atoms with van der Waals surface area (Å²) in [6.07, 6.45) is 5.95. The van der Waals surface area contributed by atoms with E-state index in [0.717, 1.165) is 12.2 Å².